The summed E-state index contributed by atoms with van der Waals surface area (Å²) in [6.07, 6.45) is 0. The van der Waals surface area contributed by atoms with E-state index in [0.717, 1.165) is 5.56 Å². The lowest BCUT2D eigenvalue weighted by Gasteiger charge is -2.06. The fourth-order valence-corrected chi connectivity index (χ4v) is 1.15. The van der Waals surface area contributed by atoms with Gasteiger partial charge in [0, 0.05) is 0 Å². The van der Waals surface area contributed by atoms with Crippen LogP contribution in [-0.4, -0.2) is 11.0 Å². The van der Waals surface area contributed by atoms with Gasteiger partial charge in [0.25, 0.3) is 5.96 Å². The van der Waals surface area contributed by atoms with Gasteiger partial charge in [-0.3, -0.25) is 0 Å². The molecular weight excluding hydrogens is 215 g/mol. The van der Waals surface area contributed by atoms with E-state index in [-0.39, 0.29) is 17.8 Å². The molecule has 16 heavy (non-hydrogen) atoms. The van der Waals surface area contributed by atoms with Crippen molar-refractivity contribution >= 4 is 5.96 Å². The molecule has 86 valence electrons. The molecule has 0 aromatic heterocycles. The molecule has 3 N–H and O–H groups in total. The van der Waals surface area contributed by atoms with Crippen molar-refractivity contribution in [2.24, 2.45) is 10.7 Å². The molecule has 0 aliphatic heterocycles. The summed E-state index contributed by atoms with van der Waals surface area (Å²) in [5, 5.41) is 9.26. The van der Waals surface area contributed by atoms with Crippen molar-refractivity contribution in [2.45, 2.75) is 13.0 Å². The van der Waals surface area contributed by atoms with Crippen molar-refractivity contribution in [3.63, 3.8) is 0 Å². The lowest BCUT2D eigenvalue weighted by Crippen LogP contribution is -2.36. The van der Waals surface area contributed by atoms with Crippen LogP contribution < -0.4 is 11.2 Å². The highest BCUT2D eigenvalue weighted by Gasteiger charge is 2.06. The minimum Gasteiger partial charge on any atom is -0.365 e. The lowest BCUT2D eigenvalue weighted by atomic mass is 10.1. The molecule has 0 aliphatic carbocycles. The van der Waals surface area contributed by atoms with E-state index in [1.165, 1.54) is 12.1 Å². The van der Waals surface area contributed by atoms with Crippen LogP contribution in [0.2, 0.25) is 0 Å². The molecule has 0 radical (unpaired) electrons. The number of nitrogens with two attached hydrogens (primary N) is 1. The number of benzene rings is 1. The van der Waals surface area contributed by atoms with Crippen LogP contribution in [0.1, 0.15) is 18.5 Å². The van der Waals surface area contributed by atoms with Crippen LogP contribution in [0.25, 0.3) is 0 Å². The van der Waals surface area contributed by atoms with Gasteiger partial charge in [-0.2, -0.15) is 0 Å². The summed E-state index contributed by atoms with van der Waals surface area (Å²) in [7, 11) is 0. The number of hydrogen-bond acceptors (Lipinski definition) is 3. The number of nitrogens with zero attached hydrogens (tertiary/aromatic N) is 2. The van der Waals surface area contributed by atoms with Gasteiger partial charge in [0.05, 0.1) is 6.04 Å². The van der Waals surface area contributed by atoms with Gasteiger partial charge in [0.15, 0.2) is 5.03 Å². The van der Waals surface area contributed by atoms with Crippen molar-refractivity contribution in [3.05, 3.63) is 45.8 Å². The number of rotatable bonds is 3. The number of halogens is 1. The van der Waals surface area contributed by atoms with Gasteiger partial charge in [-0.15, -0.1) is 0 Å². The maximum atomic E-state index is 12.6. The van der Waals surface area contributed by atoms with Gasteiger partial charge >= 0.3 is 0 Å². The fraction of sp³-hybridized carbons (Fsp3) is 0.222. The number of hydrazine groups is 1. The van der Waals surface area contributed by atoms with E-state index in [4.69, 9.17) is 5.73 Å². The predicted octanol–water partition coefficient (Wildman–Crippen LogP) is 0.983. The highest BCUT2D eigenvalue weighted by Crippen LogP contribution is 2.16. The second kappa shape index (κ2) is 5.06. The number of guanidine groups is 1. The summed E-state index contributed by atoms with van der Waals surface area (Å²) in [5.74, 6) is -0.641. The summed E-state index contributed by atoms with van der Waals surface area (Å²) < 4.78 is 12.6. The third-order valence-electron chi connectivity index (χ3n) is 1.89. The molecule has 1 rings (SSSR count). The first-order valence-electron chi connectivity index (χ1n) is 4.49. The van der Waals surface area contributed by atoms with Crippen molar-refractivity contribution in [3.8, 4) is 0 Å². The van der Waals surface area contributed by atoms with Gasteiger partial charge in [-0.05, 0) is 24.6 Å². The second-order valence-electron chi connectivity index (χ2n) is 3.11. The second-order valence-corrected chi connectivity index (χ2v) is 3.11. The Hall–Kier alpha value is -2.18. The molecule has 0 saturated heterocycles. The van der Waals surface area contributed by atoms with Gasteiger partial charge < -0.3 is 5.73 Å². The molecule has 7 heteroatoms. The van der Waals surface area contributed by atoms with E-state index < -0.39 is 5.03 Å². The molecule has 1 aromatic carbocycles. The third kappa shape index (κ3) is 3.52. The van der Waals surface area contributed by atoms with Crippen molar-refractivity contribution in [1.29, 1.82) is 0 Å². The smallest absolute Gasteiger partial charge is 0.252 e. The first-order valence-corrected chi connectivity index (χ1v) is 4.49. The van der Waals surface area contributed by atoms with Gasteiger partial charge in [0.1, 0.15) is 5.82 Å². The molecule has 0 bridgehead atoms. The zero-order chi connectivity index (χ0) is 12.1. The molecule has 0 fully saturated rings. The Morgan fingerprint density at radius 3 is 2.62 bits per heavy atom. The largest absolute Gasteiger partial charge is 0.365 e. The highest BCUT2D eigenvalue weighted by atomic mass is 19.1. The maximum absolute atomic E-state index is 12.6. The minimum absolute atomic E-state index is 0.290. The Bertz CT molecular complexity index is 404. The van der Waals surface area contributed by atoms with E-state index >= 15 is 0 Å². The van der Waals surface area contributed by atoms with Crippen LogP contribution in [-0.2, 0) is 0 Å². The Morgan fingerprint density at radius 2 is 2.12 bits per heavy atom. The SMILES string of the molecule is CC(N=C(N)N[N+](=O)[O-])c1ccc(F)cc1. The van der Waals surface area contributed by atoms with E-state index in [2.05, 4.69) is 4.99 Å². The molecule has 0 heterocycles. The normalized spacial score (nSPS) is 13.2. The molecule has 0 amide bonds. The van der Waals surface area contributed by atoms with Crippen molar-refractivity contribution in [2.75, 3.05) is 0 Å². The predicted molar refractivity (Wildman–Crippen MR) is 56.6 cm³/mol. The summed E-state index contributed by atoms with van der Waals surface area (Å²) in [4.78, 5) is 13.9. The minimum atomic E-state index is -0.795. The molecule has 6 nitrogen and oxygen atoms in total. The Kier molecular flexibility index (Phi) is 3.76. The van der Waals surface area contributed by atoms with Crippen molar-refractivity contribution < 1.29 is 9.42 Å². The highest BCUT2D eigenvalue weighted by molar-refractivity contribution is 5.76. The maximum Gasteiger partial charge on any atom is 0.252 e. The van der Waals surface area contributed by atoms with Crippen LogP contribution in [0.5, 0.6) is 0 Å². The molecule has 1 aromatic rings. The van der Waals surface area contributed by atoms with Gasteiger partial charge in [-0.25, -0.2) is 19.5 Å². The third-order valence-corrected chi connectivity index (χ3v) is 1.89. The van der Waals surface area contributed by atoms with Crippen LogP contribution >= 0.6 is 0 Å². The molecule has 1 atom stereocenters. The first-order chi connectivity index (χ1) is 7.49. The molecule has 0 aliphatic rings. The van der Waals surface area contributed by atoms with Crippen molar-refractivity contribution in [1.82, 2.24) is 5.43 Å². The topological polar surface area (TPSA) is 93.5 Å². The van der Waals surface area contributed by atoms with Crippen LogP contribution in [0.15, 0.2) is 29.3 Å². The van der Waals surface area contributed by atoms with E-state index in [1.807, 2.05) is 0 Å². The molecular formula is C9H11FN4O2. The number of nitrogens with one attached hydrogen (secondary N) is 1. The van der Waals surface area contributed by atoms with Gasteiger partial charge in [-0.1, -0.05) is 17.6 Å². The molecule has 0 saturated carbocycles. The number of nitro groups is 1. The quantitative estimate of drug-likeness (QED) is 0.347. The zero-order valence-corrected chi connectivity index (χ0v) is 8.55. The molecule has 1 unspecified atom stereocenters. The first kappa shape index (κ1) is 11.9. The summed E-state index contributed by atoms with van der Waals surface area (Å²) >= 11 is 0. The van der Waals surface area contributed by atoms with Crippen LogP contribution in [0, 0.1) is 15.9 Å². The number of aliphatic imine (C=N–C) groups is 1. The van der Waals surface area contributed by atoms with Crippen LogP contribution in [0.4, 0.5) is 4.39 Å². The van der Waals surface area contributed by atoms with E-state index in [1.54, 1.807) is 24.5 Å². The Labute approximate surface area is 91.1 Å². The zero-order valence-electron chi connectivity index (χ0n) is 8.55. The average molecular weight is 226 g/mol. The lowest BCUT2D eigenvalue weighted by molar-refractivity contribution is -0.525. The monoisotopic (exact) mass is 226 g/mol. The van der Waals surface area contributed by atoms with E-state index in [9.17, 15) is 14.5 Å². The van der Waals surface area contributed by atoms with E-state index in [0.29, 0.717) is 0 Å². The summed E-state index contributed by atoms with van der Waals surface area (Å²) in [6.45, 7) is 1.70. The Balaban J connectivity index is 2.74. The fourth-order valence-electron chi connectivity index (χ4n) is 1.15. The molecule has 0 spiro atoms. The average Bonchev–Trinajstić information content (AvgIpc) is 2.16. The standard InChI is InChI=1S/C9H11FN4O2/c1-6(12-9(11)13-14(15)16)7-2-4-8(10)5-3-7/h2-6H,1H3,(H3,11,12,13). The Morgan fingerprint density at radius 1 is 1.56 bits per heavy atom. The summed E-state index contributed by atoms with van der Waals surface area (Å²) in [5.41, 5.74) is 7.71. The number of hydrogen-bond donors (Lipinski definition) is 2. The summed E-state index contributed by atoms with van der Waals surface area (Å²) in [6, 6.07) is 5.29. The van der Waals surface area contributed by atoms with Gasteiger partial charge in [0.2, 0.25) is 0 Å². The van der Waals surface area contributed by atoms with Crippen LogP contribution in [0.3, 0.4) is 0 Å².